The number of carbonyl (C=O) groups excluding carboxylic acids is 2. The lowest BCUT2D eigenvalue weighted by molar-refractivity contribution is 0.0600. The van der Waals surface area contributed by atoms with Gasteiger partial charge >= 0.3 is 5.97 Å². The van der Waals surface area contributed by atoms with Crippen molar-refractivity contribution in [2.45, 2.75) is 4.90 Å². The maximum absolute atomic E-state index is 12.7. The molecule has 1 aromatic heterocycles. The number of sulfonamides is 1. The van der Waals surface area contributed by atoms with Gasteiger partial charge in [-0.25, -0.2) is 13.2 Å². The molecule has 2 heterocycles. The Hall–Kier alpha value is -2.86. The van der Waals surface area contributed by atoms with E-state index in [2.05, 4.69) is 4.99 Å². The number of amides is 1. The lowest BCUT2D eigenvalue weighted by atomic mass is 10.2. The topological polar surface area (TPSA) is 107 Å². The van der Waals surface area contributed by atoms with E-state index in [4.69, 9.17) is 9.47 Å². The number of carbonyl (C=O) groups is 2. The molecule has 2 aromatic carbocycles. The molecule has 0 spiro atoms. The van der Waals surface area contributed by atoms with Crippen molar-refractivity contribution in [1.82, 2.24) is 8.87 Å². The molecule has 0 aliphatic carbocycles. The van der Waals surface area contributed by atoms with Crippen LogP contribution in [0.25, 0.3) is 10.2 Å². The van der Waals surface area contributed by atoms with Crippen LogP contribution in [0.1, 0.15) is 20.7 Å². The first-order chi connectivity index (χ1) is 15.3. The van der Waals surface area contributed by atoms with Crippen molar-refractivity contribution in [1.29, 1.82) is 0 Å². The van der Waals surface area contributed by atoms with E-state index in [9.17, 15) is 18.0 Å². The highest BCUT2D eigenvalue weighted by Crippen LogP contribution is 2.20. The summed E-state index contributed by atoms with van der Waals surface area (Å²) in [7, 11) is -0.533. The van der Waals surface area contributed by atoms with Crippen LogP contribution in [0.3, 0.4) is 0 Å². The Morgan fingerprint density at radius 3 is 2.38 bits per heavy atom. The molecular formula is C21H21N3O6S2. The number of aromatic nitrogens is 1. The number of ether oxygens (including phenoxy) is 2. The number of rotatable bonds is 4. The predicted octanol–water partition coefficient (Wildman–Crippen LogP) is 1.79. The van der Waals surface area contributed by atoms with Crippen molar-refractivity contribution in [2.75, 3.05) is 33.4 Å². The van der Waals surface area contributed by atoms with Gasteiger partial charge in [0.1, 0.15) is 0 Å². The Bertz CT molecular complexity index is 1350. The van der Waals surface area contributed by atoms with Crippen LogP contribution in [0.15, 0.2) is 52.4 Å². The molecule has 0 bridgehead atoms. The van der Waals surface area contributed by atoms with E-state index in [1.54, 1.807) is 29.8 Å². The van der Waals surface area contributed by atoms with Crippen LogP contribution in [0.5, 0.6) is 0 Å². The quantitative estimate of drug-likeness (QED) is 0.533. The number of aryl methyl sites for hydroxylation is 1. The second kappa shape index (κ2) is 8.94. The van der Waals surface area contributed by atoms with E-state index in [0.29, 0.717) is 36.7 Å². The molecule has 9 nitrogen and oxygen atoms in total. The number of nitrogens with zero attached hydrogens (tertiary/aromatic N) is 3. The molecule has 0 unspecified atom stereocenters. The summed E-state index contributed by atoms with van der Waals surface area (Å²) in [4.78, 5) is 29.2. The number of morpholine rings is 1. The molecular weight excluding hydrogens is 454 g/mol. The molecule has 0 atom stereocenters. The average molecular weight is 476 g/mol. The molecule has 1 fully saturated rings. The highest BCUT2D eigenvalue weighted by molar-refractivity contribution is 7.89. The molecule has 168 valence electrons. The van der Waals surface area contributed by atoms with Gasteiger partial charge in [-0.15, -0.1) is 0 Å². The van der Waals surface area contributed by atoms with Crippen LogP contribution in [0.2, 0.25) is 0 Å². The standard InChI is InChI=1S/C21H21N3O6S2/c1-23-17-8-5-15(20(26)29-2)13-18(17)31-21(23)22-19(25)14-3-6-16(7-4-14)32(27,28)24-9-11-30-12-10-24/h3-8,13H,9-12H2,1-2H3. The van der Waals surface area contributed by atoms with Crippen LogP contribution in [0, 0.1) is 0 Å². The third-order valence-electron chi connectivity index (χ3n) is 5.14. The molecule has 1 amide bonds. The first-order valence-electron chi connectivity index (χ1n) is 9.76. The highest BCUT2D eigenvalue weighted by atomic mass is 32.2. The minimum absolute atomic E-state index is 0.124. The zero-order chi connectivity index (χ0) is 22.9. The number of thiazole rings is 1. The van der Waals surface area contributed by atoms with Crippen LogP contribution in [-0.2, 0) is 26.5 Å². The largest absolute Gasteiger partial charge is 0.465 e. The zero-order valence-corrected chi connectivity index (χ0v) is 19.1. The van der Waals surface area contributed by atoms with Gasteiger partial charge in [-0.05, 0) is 42.5 Å². The van der Waals surface area contributed by atoms with Gasteiger partial charge in [-0.3, -0.25) is 4.79 Å². The number of esters is 1. The van der Waals surface area contributed by atoms with E-state index < -0.39 is 21.9 Å². The van der Waals surface area contributed by atoms with Crippen molar-refractivity contribution in [3.8, 4) is 0 Å². The lowest BCUT2D eigenvalue weighted by Crippen LogP contribution is -2.40. The van der Waals surface area contributed by atoms with Crippen molar-refractivity contribution in [2.24, 2.45) is 12.0 Å². The normalized spacial score (nSPS) is 15.8. The predicted molar refractivity (Wildman–Crippen MR) is 118 cm³/mol. The van der Waals surface area contributed by atoms with Crippen LogP contribution < -0.4 is 4.80 Å². The Kier molecular flexibility index (Phi) is 6.24. The maximum atomic E-state index is 12.7. The zero-order valence-electron chi connectivity index (χ0n) is 17.5. The molecule has 11 heteroatoms. The Balaban J connectivity index is 1.61. The van der Waals surface area contributed by atoms with E-state index in [1.807, 2.05) is 0 Å². The molecule has 1 aliphatic heterocycles. The summed E-state index contributed by atoms with van der Waals surface area (Å²) in [6.45, 7) is 1.33. The van der Waals surface area contributed by atoms with Crippen molar-refractivity contribution in [3.63, 3.8) is 0 Å². The number of methoxy groups -OCH3 is 1. The second-order valence-electron chi connectivity index (χ2n) is 7.08. The van der Waals surface area contributed by atoms with Gasteiger partial charge in [0.15, 0.2) is 4.80 Å². The maximum Gasteiger partial charge on any atom is 0.337 e. The van der Waals surface area contributed by atoms with Crippen LogP contribution >= 0.6 is 11.3 Å². The number of fused-ring (bicyclic) bond motifs is 1. The Morgan fingerprint density at radius 2 is 1.72 bits per heavy atom. The second-order valence-corrected chi connectivity index (χ2v) is 10.0. The third-order valence-corrected chi connectivity index (χ3v) is 8.14. The van der Waals surface area contributed by atoms with Crippen LogP contribution in [0.4, 0.5) is 0 Å². The highest BCUT2D eigenvalue weighted by Gasteiger charge is 2.26. The van der Waals surface area contributed by atoms with E-state index >= 15 is 0 Å². The average Bonchev–Trinajstić information content (AvgIpc) is 3.13. The molecule has 0 N–H and O–H groups in total. The molecule has 4 rings (SSSR count). The van der Waals surface area contributed by atoms with Gasteiger partial charge in [0.05, 0.1) is 41.0 Å². The van der Waals surface area contributed by atoms with E-state index in [0.717, 1.165) is 10.2 Å². The van der Waals surface area contributed by atoms with Crippen LogP contribution in [-0.4, -0.2) is 62.6 Å². The number of hydrogen-bond donors (Lipinski definition) is 0. The molecule has 0 saturated carbocycles. The SMILES string of the molecule is COC(=O)c1ccc2c(c1)sc(=NC(=O)c1ccc(S(=O)(=O)N3CCOCC3)cc1)n2C. The molecule has 1 aliphatic rings. The smallest absolute Gasteiger partial charge is 0.337 e. The summed E-state index contributed by atoms with van der Waals surface area (Å²) >= 11 is 1.27. The fourth-order valence-electron chi connectivity index (χ4n) is 3.34. The molecule has 3 aromatic rings. The van der Waals surface area contributed by atoms with Gasteiger partial charge in [0.25, 0.3) is 5.91 Å². The Morgan fingerprint density at radius 1 is 1.06 bits per heavy atom. The molecule has 1 saturated heterocycles. The Labute approximate surface area is 188 Å². The van der Waals surface area contributed by atoms with Crippen molar-refractivity contribution in [3.05, 3.63) is 58.4 Å². The summed E-state index contributed by atoms with van der Waals surface area (Å²) in [5.74, 6) is -0.930. The van der Waals surface area contributed by atoms with E-state index in [1.165, 1.54) is 47.0 Å². The van der Waals surface area contributed by atoms with Crippen molar-refractivity contribution >= 4 is 43.5 Å². The van der Waals surface area contributed by atoms with Crippen molar-refractivity contribution < 1.29 is 27.5 Å². The molecule has 0 radical (unpaired) electrons. The fraction of sp³-hybridized carbons (Fsp3) is 0.286. The summed E-state index contributed by atoms with van der Waals surface area (Å²) in [5.41, 5.74) is 1.51. The summed E-state index contributed by atoms with van der Waals surface area (Å²) in [6, 6.07) is 10.9. The first-order valence-corrected chi connectivity index (χ1v) is 12.0. The molecule has 32 heavy (non-hydrogen) atoms. The minimum atomic E-state index is -3.63. The fourth-order valence-corrected chi connectivity index (χ4v) is 5.81. The van der Waals surface area contributed by atoms with Gasteiger partial charge in [0.2, 0.25) is 10.0 Å². The minimum Gasteiger partial charge on any atom is -0.465 e. The third kappa shape index (κ3) is 4.24. The van der Waals surface area contributed by atoms with Gasteiger partial charge < -0.3 is 14.0 Å². The summed E-state index contributed by atoms with van der Waals surface area (Å²) in [6.07, 6.45) is 0. The summed E-state index contributed by atoms with van der Waals surface area (Å²) in [5, 5.41) is 0. The summed E-state index contributed by atoms with van der Waals surface area (Å²) < 4.78 is 39.3. The van der Waals surface area contributed by atoms with E-state index in [-0.39, 0.29) is 10.5 Å². The lowest BCUT2D eigenvalue weighted by Gasteiger charge is -2.26. The van der Waals surface area contributed by atoms with Gasteiger partial charge in [0, 0.05) is 25.7 Å². The first kappa shape index (κ1) is 22.3. The monoisotopic (exact) mass is 475 g/mol. The number of hydrogen-bond acceptors (Lipinski definition) is 7. The van der Waals surface area contributed by atoms with Gasteiger partial charge in [-0.1, -0.05) is 11.3 Å². The number of benzene rings is 2. The van der Waals surface area contributed by atoms with Gasteiger partial charge in [-0.2, -0.15) is 9.30 Å².